The molecule has 1 aromatic rings. The Labute approximate surface area is 92.3 Å². The van der Waals surface area contributed by atoms with Crippen molar-refractivity contribution in [2.75, 3.05) is 6.54 Å². The van der Waals surface area contributed by atoms with Crippen molar-refractivity contribution in [2.24, 2.45) is 0 Å². The highest BCUT2D eigenvalue weighted by atomic mass is 16.3. The van der Waals surface area contributed by atoms with Crippen LogP contribution in [-0.4, -0.2) is 17.7 Å². The number of phenols is 1. The Bertz CT molecular complexity index is 284. The summed E-state index contributed by atoms with van der Waals surface area (Å²) >= 11 is 0. The van der Waals surface area contributed by atoms with Gasteiger partial charge in [-0.05, 0) is 43.5 Å². The highest BCUT2D eigenvalue weighted by Crippen LogP contribution is 2.12. The molecule has 0 heterocycles. The Balaban J connectivity index is 2.15. The zero-order chi connectivity index (χ0) is 11.1. The lowest BCUT2D eigenvalue weighted by molar-refractivity contribution is 0.474. The van der Waals surface area contributed by atoms with E-state index in [0.717, 1.165) is 13.0 Å². The van der Waals surface area contributed by atoms with Crippen molar-refractivity contribution < 1.29 is 5.11 Å². The van der Waals surface area contributed by atoms with Crippen LogP contribution < -0.4 is 5.32 Å². The van der Waals surface area contributed by atoms with Gasteiger partial charge in [-0.15, -0.1) is 0 Å². The molecule has 0 aliphatic heterocycles. The molecule has 1 aromatic carbocycles. The smallest absolute Gasteiger partial charge is 0.115 e. The van der Waals surface area contributed by atoms with Gasteiger partial charge in [0.2, 0.25) is 0 Å². The molecule has 0 aromatic heterocycles. The zero-order valence-corrected chi connectivity index (χ0v) is 9.66. The van der Waals surface area contributed by atoms with Gasteiger partial charge < -0.3 is 10.4 Å². The number of aryl methyl sites for hydroxylation is 1. The Morgan fingerprint density at radius 3 is 2.73 bits per heavy atom. The Kier molecular flexibility index (Phi) is 5.19. The highest BCUT2D eigenvalue weighted by Gasteiger charge is 1.96. The first kappa shape index (κ1) is 12.1. The minimum Gasteiger partial charge on any atom is -0.508 e. The summed E-state index contributed by atoms with van der Waals surface area (Å²) in [5.41, 5.74) is 1.22. The molecule has 84 valence electrons. The summed E-state index contributed by atoms with van der Waals surface area (Å²) in [6, 6.07) is 8.09. The fraction of sp³-hybridized carbons (Fsp3) is 0.538. The van der Waals surface area contributed by atoms with Crippen LogP contribution >= 0.6 is 0 Å². The average molecular weight is 207 g/mol. The Morgan fingerprint density at radius 2 is 2.07 bits per heavy atom. The summed E-state index contributed by atoms with van der Waals surface area (Å²) in [6.45, 7) is 5.40. The van der Waals surface area contributed by atoms with E-state index in [1.165, 1.54) is 18.4 Å². The fourth-order valence-corrected chi connectivity index (χ4v) is 1.56. The van der Waals surface area contributed by atoms with Gasteiger partial charge in [0, 0.05) is 6.04 Å². The van der Waals surface area contributed by atoms with Crippen molar-refractivity contribution in [3.63, 3.8) is 0 Å². The maximum Gasteiger partial charge on any atom is 0.115 e. The van der Waals surface area contributed by atoms with Crippen molar-refractivity contribution in [3.8, 4) is 5.75 Å². The zero-order valence-electron chi connectivity index (χ0n) is 9.66. The lowest BCUT2D eigenvalue weighted by atomic mass is 10.1. The van der Waals surface area contributed by atoms with Crippen LogP contribution in [0.25, 0.3) is 0 Å². The molecule has 2 N–H and O–H groups in total. The number of rotatable bonds is 6. The molecule has 2 heteroatoms. The van der Waals surface area contributed by atoms with Crippen molar-refractivity contribution in [3.05, 3.63) is 29.8 Å². The molecule has 0 spiro atoms. The van der Waals surface area contributed by atoms with E-state index in [1.54, 1.807) is 6.07 Å². The summed E-state index contributed by atoms with van der Waals surface area (Å²) in [5.74, 6) is 0.368. The number of phenolic OH excluding ortho intramolecular Hbond substituents is 1. The van der Waals surface area contributed by atoms with Crippen LogP contribution in [0.4, 0.5) is 0 Å². The summed E-state index contributed by atoms with van der Waals surface area (Å²) in [5, 5.41) is 12.7. The van der Waals surface area contributed by atoms with E-state index in [9.17, 15) is 5.11 Å². The summed E-state index contributed by atoms with van der Waals surface area (Å²) in [4.78, 5) is 0. The van der Waals surface area contributed by atoms with Crippen LogP contribution in [0, 0.1) is 0 Å². The third-order valence-corrected chi connectivity index (χ3v) is 2.36. The molecule has 0 saturated carbocycles. The predicted octanol–water partition coefficient (Wildman–Crippen LogP) is 2.71. The van der Waals surface area contributed by atoms with Gasteiger partial charge >= 0.3 is 0 Å². The third-order valence-electron chi connectivity index (χ3n) is 2.36. The lowest BCUT2D eigenvalue weighted by Gasteiger charge is -2.07. The molecule has 0 aliphatic carbocycles. The second-order valence-electron chi connectivity index (χ2n) is 4.24. The van der Waals surface area contributed by atoms with Gasteiger partial charge in [-0.2, -0.15) is 0 Å². The van der Waals surface area contributed by atoms with E-state index in [0.29, 0.717) is 11.8 Å². The molecule has 2 nitrogen and oxygen atoms in total. The molecule has 0 saturated heterocycles. The standard InChI is InChI=1S/C13H21NO/c1-11(2)14-9-4-3-6-12-7-5-8-13(15)10-12/h5,7-8,10-11,14-15H,3-4,6,9H2,1-2H3. The van der Waals surface area contributed by atoms with E-state index in [-0.39, 0.29) is 0 Å². The van der Waals surface area contributed by atoms with Crippen molar-refractivity contribution in [1.29, 1.82) is 0 Å². The van der Waals surface area contributed by atoms with Gasteiger partial charge in [0.1, 0.15) is 5.75 Å². The summed E-state index contributed by atoms with van der Waals surface area (Å²) in [6.07, 6.45) is 3.41. The van der Waals surface area contributed by atoms with Crippen molar-refractivity contribution in [2.45, 2.75) is 39.2 Å². The van der Waals surface area contributed by atoms with Crippen LogP contribution in [-0.2, 0) is 6.42 Å². The Morgan fingerprint density at radius 1 is 1.27 bits per heavy atom. The number of nitrogens with one attached hydrogen (secondary N) is 1. The number of hydrogen-bond donors (Lipinski definition) is 2. The van der Waals surface area contributed by atoms with Crippen molar-refractivity contribution in [1.82, 2.24) is 5.32 Å². The Hall–Kier alpha value is -1.02. The summed E-state index contributed by atoms with van der Waals surface area (Å²) < 4.78 is 0. The van der Waals surface area contributed by atoms with Crippen LogP contribution in [0.2, 0.25) is 0 Å². The molecule has 0 radical (unpaired) electrons. The van der Waals surface area contributed by atoms with E-state index in [1.807, 2.05) is 12.1 Å². The maximum atomic E-state index is 9.28. The molecular weight excluding hydrogens is 186 g/mol. The predicted molar refractivity (Wildman–Crippen MR) is 64.2 cm³/mol. The first-order valence-electron chi connectivity index (χ1n) is 5.70. The van der Waals surface area contributed by atoms with Crippen LogP contribution in [0.1, 0.15) is 32.3 Å². The quantitative estimate of drug-likeness (QED) is 0.703. The normalized spacial score (nSPS) is 10.9. The molecule has 0 amide bonds. The molecule has 0 atom stereocenters. The second kappa shape index (κ2) is 6.46. The molecule has 0 unspecified atom stereocenters. The lowest BCUT2D eigenvalue weighted by Crippen LogP contribution is -2.23. The summed E-state index contributed by atoms with van der Waals surface area (Å²) in [7, 11) is 0. The second-order valence-corrected chi connectivity index (χ2v) is 4.24. The van der Waals surface area contributed by atoms with Crippen molar-refractivity contribution >= 4 is 0 Å². The molecule has 15 heavy (non-hydrogen) atoms. The largest absolute Gasteiger partial charge is 0.508 e. The first-order chi connectivity index (χ1) is 7.18. The van der Waals surface area contributed by atoms with E-state index in [4.69, 9.17) is 0 Å². The maximum absolute atomic E-state index is 9.28. The van der Waals surface area contributed by atoms with Crippen LogP contribution in [0.5, 0.6) is 5.75 Å². The number of unbranched alkanes of at least 4 members (excludes halogenated alkanes) is 1. The average Bonchev–Trinajstić information content (AvgIpc) is 2.17. The third kappa shape index (κ3) is 5.43. The van der Waals surface area contributed by atoms with Gasteiger partial charge in [0.15, 0.2) is 0 Å². The molecular formula is C13H21NO. The van der Waals surface area contributed by atoms with E-state index in [2.05, 4.69) is 25.2 Å². The van der Waals surface area contributed by atoms with Gasteiger partial charge in [-0.25, -0.2) is 0 Å². The van der Waals surface area contributed by atoms with Gasteiger partial charge in [-0.1, -0.05) is 26.0 Å². The van der Waals surface area contributed by atoms with Crippen LogP contribution in [0.15, 0.2) is 24.3 Å². The molecule has 0 aliphatic rings. The van der Waals surface area contributed by atoms with Crippen LogP contribution in [0.3, 0.4) is 0 Å². The first-order valence-corrected chi connectivity index (χ1v) is 5.70. The number of benzene rings is 1. The monoisotopic (exact) mass is 207 g/mol. The molecule has 0 fully saturated rings. The SMILES string of the molecule is CC(C)NCCCCc1cccc(O)c1. The fourth-order valence-electron chi connectivity index (χ4n) is 1.56. The number of hydrogen-bond acceptors (Lipinski definition) is 2. The topological polar surface area (TPSA) is 32.3 Å². The van der Waals surface area contributed by atoms with E-state index >= 15 is 0 Å². The minimum absolute atomic E-state index is 0.368. The molecule has 0 bridgehead atoms. The van der Waals surface area contributed by atoms with Gasteiger partial charge in [0.25, 0.3) is 0 Å². The van der Waals surface area contributed by atoms with E-state index < -0.39 is 0 Å². The van der Waals surface area contributed by atoms with Gasteiger partial charge in [-0.3, -0.25) is 0 Å². The highest BCUT2D eigenvalue weighted by molar-refractivity contribution is 5.27. The van der Waals surface area contributed by atoms with Gasteiger partial charge in [0.05, 0.1) is 0 Å². The number of aromatic hydroxyl groups is 1. The molecule has 1 rings (SSSR count). The minimum atomic E-state index is 0.368.